The molecule has 0 saturated carbocycles. The third-order valence-corrected chi connectivity index (χ3v) is 5.26. The van der Waals surface area contributed by atoms with Crippen molar-refractivity contribution in [2.75, 3.05) is 66.0 Å². The van der Waals surface area contributed by atoms with Crippen molar-refractivity contribution in [3.63, 3.8) is 0 Å². The SMILES string of the molecule is CCNC(=NCC1CN2CCN1CC2)N(C)CCOc1ccc(C)cc1.I. The van der Waals surface area contributed by atoms with Crippen molar-refractivity contribution in [1.29, 1.82) is 0 Å². The zero-order chi connectivity index (χ0) is 18.4. The molecule has 7 heteroatoms. The quantitative estimate of drug-likeness (QED) is 0.362. The molecule has 0 aliphatic carbocycles. The number of rotatable bonds is 7. The summed E-state index contributed by atoms with van der Waals surface area (Å²) >= 11 is 0. The molecule has 2 bridgehead atoms. The van der Waals surface area contributed by atoms with Crippen molar-refractivity contribution in [2.45, 2.75) is 19.9 Å². The van der Waals surface area contributed by atoms with Gasteiger partial charge in [-0.05, 0) is 26.0 Å². The van der Waals surface area contributed by atoms with Gasteiger partial charge in [0.05, 0.1) is 13.1 Å². The van der Waals surface area contributed by atoms with Gasteiger partial charge in [0.25, 0.3) is 0 Å². The molecule has 1 aromatic rings. The molecule has 152 valence electrons. The standard InChI is InChI=1S/C20H33N5O.HI/c1-4-21-20(22-15-18-16-24-9-11-25(18)12-10-24)23(3)13-14-26-19-7-5-17(2)6-8-19;/h5-8,18H,4,9-16H2,1-3H3,(H,21,22);1H. The molecular formula is C20H34IN5O. The van der Waals surface area contributed by atoms with Crippen molar-refractivity contribution in [2.24, 2.45) is 4.99 Å². The van der Waals surface area contributed by atoms with Crippen LogP contribution in [0.3, 0.4) is 0 Å². The summed E-state index contributed by atoms with van der Waals surface area (Å²) in [6, 6.07) is 8.76. The maximum Gasteiger partial charge on any atom is 0.193 e. The number of benzene rings is 1. The maximum absolute atomic E-state index is 5.86. The molecule has 3 saturated heterocycles. The van der Waals surface area contributed by atoms with Gasteiger partial charge < -0.3 is 15.0 Å². The van der Waals surface area contributed by atoms with E-state index in [4.69, 9.17) is 9.73 Å². The lowest BCUT2D eigenvalue weighted by atomic mass is 10.1. The van der Waals surface area contributed by atoms with Crippen LogP contribution in [0.25, 0.3) is 0 Å². The largest absolute Gasteiger partial charge is 0.492 e. The van der Waals surface area contributed by atoms with E-state index in [-0.39, 0.29) is 24.0 Å². The second-order valence-corrected chi connectivity index (χ2v) is 7.27. The van der Waals surface area contributed by atoms with Crippen LogP contribution in [0, 0.1) is 6.92 Å². The first-order valence-electron chi connectivity index (χ1n) is 9.81. The van der Waals surface area contributed by atoms with Gasteiger partial charge in [0.2, 0.25) is 0 Å². The monoisotopic (exact) mass is 487 g/mol. The predicted molar refractivity (Wildman–Crippen MR) is 122 cm³/mol. The van der Waals surface area contributed by atoms with Crippen molar-refractivity contribution in [3.05, 3.63) is 29.8 Å². The van der Waals surface area contributed by atoms with Gasteiger partial charge in [0.1, 0.15) is 12.4 Å². The number of nitrogens with one attached hydrogen (secondary N) is 1. The molecule has 3 heterocycles. The Labute approximate surface area is 181 Å². The van der Waals surface area contributed by atoms with Crippen LogP contribution in [0.1, 0.15) is 12.5 Å². The molecule has 3 aliphatic rings. The smallest absolute Gasteiger partial charge is 0.193 e. The van der Waals surface area contributed by atoms with E-state index in [9.17, 15) is 0 Å². The fraction of sp³-hybridized carbons (Fsp3) is 0.650. The van der Waals surface area contributed by atoms with Gasteiger partial charge in [0, 0.05) is 52.4 Å². The Kier molecular flexibility index (Phi) is 9.11. The number of ether oxygens (including phenoxy) is 1. The average Bonchev–Trinajstić information content (AvgIpc) is 2.67. The molecule has 4 rings (SSSR count). The van der Waals surface area contributed by atoms with Crippen LogP contribution < -0.4 is 10.1 Å². The van der Waals surface area contributed by atoms with E-state index in [1.54, 1.807) is 0 Å². The van der Waals surface area contributed by atoms with Gasteiger partial charge >= 0.3 is 0 Å². The summed E-state index contributed by atoms with van der Waals surface area (Å²) in [5.74, 6) is 1.89. The summed E-state index contributed by atoms with van der Waals surface area (Å²) in [4.78, 5) is 12.2. The number of halogens is 1. The third-order valence-electron chi connectivity index (χ3n) is 5.26. The van der Waals surface area contributed by atoms with E-state index in [0.717, 1.165) is 37.9 Å². The molecule has 0 amide bonds. The summed E-state index contributed by atoms with van der Waals surface area (Å²) < 4.78 is 5.86. The number of aliphatic imine (C=N–C) groups is 1. The van der Waals surface area contributed by atoms with Gasteiger partial charge in [0.15, 0.2) is 5.96 Å². The van der Waals surface area contributed by atoms with Gasteiger partial charge in [-0.1, -0.05) is 17.7 Å². The van der Waals surface area contributed by atoms with Crippen LogP contribution in [0.5, 0.6) is 5.75 Å². The lowest BCUT2D eigenvalue weighted by molar-refractivity contribution is 0.0173. The summed E-state index contributed by atoms with van der Waals surface area (Å²) in [6.07, 6.45) is 0. The van der Waals surface area contributed by atoms with E-state index in [2.05, 4.69) is 53.0 Å². The fourth-order valence-corrected chi connectivity index (χ4v) is 3.60. The summed E-state index contributed by atoms with van der Waals surface area (Å²) in [7, 11) is 2.08. The van der Waals surface area contributed by atoms with Crippen molar-refractivity contribution < 1.29 is 4.74 Å². The second kappa shape index (κ2) is 11.1. The van der Waals surface area contributed by atoms with Crippen molar-refractivity contribution in [3.8, 4) is 5.75 Å². The molecule has 0 spiro atoms. The molecule has 1 aromatic carbocycles. The molecule has 1 N–H and O–H groups in total. The molecule has 27 heavy (non-hydrogen) atoms. The van der Waals surface area contributed by atoms with E-state index in [1.165, 1.54) is 31.7 Å². The zero-order valence-corrected chi connectivity index (χ0v) is 19.2. The Balaban J connectivity index is 0.00000261. The van der Waals surface area contributed by atoms with Crippen LogP contribution in [-0.2, 0) is 0 Å². The predicted octanol–water partition coefficient (Wildman–Crippen LogP) is 1.89. The molecule has 3 aliphatic heterocycles. The second-order valence-electron chi connectivity index (χ2n) is 7.27. The molecule has 6 nitrogen and oxygen atoms in total. The highest BCUT2D eigenvalue weighted by molar-refractivity contribution is 14.0. The minimum atomic E-state index is 0. The van der Waals surface area contributed by atoms with E-state index in [1.807, 2.05) is 12.1 Å². The molecule has 1 unspecified atom stereocenters. The molecule has 3 fully saturated rings. The number of nitrogens with zero attached hydrogens (tertiary/aromatic N) is 4. The molecule has 0 radical (unpaired) electrons. The number of piperazine rings is 3. The number of fused-ring (bicyclic) bond motifs is 3. The topological polar surface area (TPSA) is 43.3 Å². The van der Waals surface area contributed by atoms with Crippen LogP contribution in [0.15, 0.2) is 29.3 Å². The lowest BCUT2D eigenvalue weighted by Crippen LogP contribution is -2.62. The van der Waals surface area contributed by atoms with Crippen molar-refractivity contribution >= 4 is 29.9 Å². The minimum Gasteiger partial charge on any atom is -0.492 e. The van der Waals surface area contributed by atoms with Crippen LogP contribution in [-0.4, -0.2) is 92.7 Å². The molecule has 1 atom stereocenters. The Morgan fingerprint density at radius 2 is 1.93 bits per heavy atom. The number of guanidine groups is 1. The van der Waals surface area contributed by atoms with Gasteiger partial charge in [-0.3, -0.25) is 14.8 Å². The lowest BCUT2D eigenvalue weighted by Gasteiger charge is -2.47. The third kappa shape index (κ3) is 6.50. The van der Waals surface area contributed by atoms with E-state index < -0.39 is 0 Å². The van der Waals surface area contributed by atoms with Gasteiger partial charge in [-0.25, -0.2) is 0 Å². The van der Waals surface area contributed by atoms with E-state index >= 15 is 0 Å². The molecule has 0 aromatic heterocycles. The first-order chi connectivity index (χ1) is 12.7. The Bertz CT molecular complexity index is 587. The fourth-order valence-electron chi connectivity index (χ4n) is 3.60. The van der Waals surface area contributed by atoms with Crippen LogP contribution in [0.4, 0.5) is 0 Å². The van der Waals surface area contributed by atoms with Crippen LogP contribution >= 0.6 is 24.0 Å². The van der Waals surface area contributed by atoms with Gasteiger partial charge in [-0.2, -0.15) is 0 Å². The Morgan fingerprint density at radius 1 is 1.22 bits per heavy atom. The number of likely N-dealkylation sites (N-methyl/N-ethyl adjacent to an activating group) is 1. The highest BCUT2D eigenvalue weighted by Gasteiger charge is 2.31. The maximum atomic E-state index is 5.86. The number of hydrogen-bond donors (Lipinski definition) is 1. The average molecular weight is 487 g/mol. The highest BCUT2D eigenvalue weighted by atomic mass is 127. The van der Waals surface area contributed by atoms with Gasteiger partial charge in [-0.15, -0.1) is 24.0 Å². The van der Waals surface area contributed by atoms with Crippen molar-refractivity contribution in [1.82, 2.24) is 20.0 Å². The summed E-state index contributed by atoms with van der Waals surface area (Å²) in [5.41, 5.74) is 1.25. The summed E-state index contributed by atoms with van der Waals surface area (Å²) in [5, 5.41) is 3.41. The Hall–Kier alpha value is -1.06. The first-order valence-corrected chi connectivity index (χ1v) is 9.81. The molecular weight excluding hydrogens is 453 g/mol. The van der Waals surface area contributed by atoms with E-state index in [0.29, 0.717) is 12.6 Å². The first kappa shape index (κ1) is 22.2. The zero-order valence-electron chi connectivity index (χ0n) is 16.9. The highest BCUT2D eigenvalue weighted by Crippen LogP contribution is 2.16. The number of hydrogen-bond acceptors (Lipinski definition) is 4. The number of aryl methyl sites for hydroxylation is 1. The van der Waals surface area contributed by atoms with Crippen LogP contribution in [0.2, 0.25) is 0 Å². The summed E-state index contributed by atoms with van der Waals surface area (Å²) in [6.45, 7) is 13.4. The normalized spacial score (nSPS) is 24.3. The minimum absolute atomic E-state index is 0. The Morgan fingerprint density at radius 3 is 2.52 bits per heavy atom.